The first-order chi connectivity index (χ1) is 6.63. The highest BCUT2D eigenvalue weighted by Gasteiger charge is 2.01. The van der Waals surface area contributed by atoms with E-state index in [1.165, 1.54) is 6.08 Å². The van der Waals surface area contributed by atoms with Crippen LogP contribution in [0.4, 0.5) is 5.69 Å². The summed E-state index contributed by atoms with van der Waals surface area (Å²) in [4.78, 5) is 15.5. The molecule has 1 N–H and O–H groups in total. The lowest BCUT2D eigenvalue weighted by molar-refractivity contribution is -0.111. The molecule has 0 aliphatic heterocycles. The Hall–Kier alpha value is -1.64. The highest BCUT2D eigenvalue weighted by atomic mass is 16.1. The van der Waals surface area contributed by atoms with Crippen LogP contribution in [0.25, 0.3) is 0 Å². The molecule has 1 heterocycles. The number of allylic oxidation sites excluding steroid dienone is 1. The van der Waals surface area contributed by atoms with Crippen molar-refractivity contribution in [2.24, 2.45) is 0 Å². The topological polar surface area (TPSA) is 42.0 Å². The van der Waals surface area contributed by atoms with Gasteiger partial charge in [0, 0.05) is 5.69 Å². The Kier molecular flexibility index (Phi) is 3.40. The highest BCUT2D eigenvalue weighted by Crippen LogP contribution is 2.12. The Morgan fingerprint density at radius 3 is 2.71 bits per heavy atom. The van der Waals surface area contributed by atoms with E-state index in [-0.39, 0.29) is 5.91 Å². The van der Waals surface area contributed by atoms with E-state index in [1.807, 2.05) is 26.0 Å². The third-order valence-electron chi connectivity index (χ3n) is 1.80. The number of hydrogen-bond donors (Lipinski definition) is 1. The van der Waals surface area contributed by atoms with Crippen LogP contribution >= 0.6 is 0 Å². The van der Waals surface area contributed by atoms with Gasteiger partial charge < -0.3 is 5.32 Å². The predicted octanol–water partition coefficient (Wildman–Crippen LogP) is 2.21. The molecule has 3 nitrogen and oxygen atoms in total. The van der Waals surface area contributed by atoms with E-state index < -0.39 is 0 Å². The van der Waals surface area contributed by atoms with E-state index in [4.69, 9.17) is 0 Å². The summed E-state index contributed by atoms with van der Waals surface area (Å²) in [6.45, 7) is 5.60. The molecule has 1 aromatic heterocycles. The van der Waals surface area contributed by atoms with Gasteiger partial charge in [0.1, 0.15) is 0 Å². The van der Waals surface area contributed by atoms with Crippen LogP contribution in [0, 0.1) is 13.8 Å². The van der Waals surface area contributed by atoms with Crippen molar-refractivity contribution in [3.05, 3.63) is 35.7 Å². The molecule has 14 heavy (non-hydrogen) atoms. The summed E-state index contributed by atoms with van der Waals surface area (Å²) < 4.78 is 0. The fourth-order valence-electron chi connectivity index (χ4n) is 1.14. The Morgan fingerprint density at radius 1 is 1.43 bits per heavy atom. The second-order valence-corrected chi connectivity index (χ2v) is 3.07. The smallest absolute Gasteiger partial charge is 0.248 e. The lowest BCUT2D eigenvalue weighted by atomic mass is 10.2. The number of amides is 1. The molecule has 0 aliphatic rings. The average Bonchev–Trinajstić information content (AvgIpc) is 2.10. The number of aryl methyl sites for hydroxylation is 2. The SMILES string of the molecule is CC=CC(=O)Nc1ccc(C)nc1C. The van der Waals surface area contributed by atoms with Crippen LogP contribution in [-0.2, 0) is 4.79 Å². The zero-order valence-electron chi connectivity index (χ0n) is 8.66. The number of carbonyl (C=O) groups excluding carboxylic acids is 1. The van der Waals surface area contributed by atoms with Crippen molar-refractivity contribution in [3.8, 4) is 0 Å². The fourth-order valence-corrected chi connectivity index (χ4v) is 1.14. The number of hydrogen-bond acceptors (Lipinski definition) is 2. The maximum absolute atomic E-state index is 11.2. The predicted molar refractivity (Wildman–Crippen MR) is 57.2 cm³/mol. The maximum Gasteiger partial charge on any atom is 0.248 e. The van der Waals surface area contributed by atoms with Crippen molar-refractivity contribution in [3.63, 3.8) is 0 Å². The molecule has 0 bridgehead atoms. The normalized spacial score (nSPS) is 10.5. The van der Waals surface area contributed by atoms with Crippen molar-refractivity contribution >= 4 is 11.6 Å². The average molecular weight is 190 g/mol. The summed E-state index contributed by atoms with van der Waals surface area (Å²) in [6.07, 6.45) is 3.19. The van der Waals surface area contributed by atoms with Crippen LogP contribution in [0.5, 0.6) is 0 Å². The largest absolute Gasteiger partial charge is 0.321 e. The van der Waals surface area contributed by atoms with Gasteiger partial charge in [-0.05, 0) is 39.0 Å². The first-order valence-corrected chi connectivity index (χ1v) is 4.51. The van der Waals surface area contributed by atoms with Gasteiger partial charge in [-0.3, -0.25) is 9.78 Å². The summed E-state index contributed by atoms with van der Waals surface area (Å²) in [5, 5.41) is 2.75. The molecule has 0 radical (unpaired) electrons. The number of nitrogens with zero attached hydrogens (tertiary/aromatic N) is 1. The molecule has 0 spiro atoms. The highest BCUT2D eigenvalue weighted by molar-refractivity contribution is 5.99. The minimum absolute atomic E-state index is 0.124. The van der Waals surface area contributed by atoms with Crippen LogP contribution in [-0.4, -0.2) is 10.9 Å². The third kappa shape index (κ3) is 2.69. The van der Waals surface area contributed by atoms with Crippen molar-refractivity contribution < 1.29 is 4.79 Å². The Morgan fingerprint density at radius 2 is 2.14 bits per heavy atom. The zero-order valence-corrected chi connectivity index (χ0v) is 8.66. The third-order valence-corrected chi connectivity index (χ3v) is 1.80. The number of rotatable bonds is 2. The summed E-state index contributed by atoms with van der Waals surface area (Å²) >= 11 is 0. The quantitative estimate of drug-likeness (QED) is 0.726. The van der Waals surface area contributed by atoms with Gasteiger partial charge in [-0.2, -0.15) is 0 Å². The summed E-state index contributed by atoms with van der Waals surface area (Å²) in [5.41, 5.74) is 2.55. The van der Waals surface area contributed by atoms with Crippen LogP contribution in [0.15, 0.2) is 24.3 Å². The number of anilines is 1. The second kappa shape index (κ2) is 4.56. The van der Waals surface area contributed by atoms with Gasteiger partial charge >= 0.3 is 0 Å². The van der Waals surface area contributed by atoms with Crippen LogP contribution in [0.3, 0.4) is 0 Å². The van der Waals surface area contributed by atoms with Crippen molar-refractivity contribution in [1.82, 2.24) is 4.98 Å². The van der Waals surface area contributed by atoms with E-state index in [0.717, 1.165) is 17.1 Å². The lowest BCUT2D eigenvalue weighted by Gasteiger charge is -2.05. The maximum atomic E-state index is 11.2. The van der Waals surface area contributed by atoms with Gasteiger partial charge in [-0.25, -0.2) is 0 Å². The summed E-state index contributed by atoms with van der Waals surface area (Å²) in [7, 11) is 0. The van der Waals surface area contributed by atoms with Crippen LogP contribution < -0.4 is 5.32 Å². The summed E-state index contributed by atoms with van der Waals surface area (Å²) in [6, 6.07) is 3.73. The van der Waals surface area contributed by atoms with E-state index >= 15 is 0 Å². The van der Waals surface area contributed by atoms with Gasteiger partial charge in [0.25, 0.3) is 0 Å². The molecule has 1 aromatic rings. The van der Waals surface area contributed by atoms with Gasteiger partial charge in [0.05, 0.1) is 11.4 Å². The molecule has 0 aromatic carbocycles. The number of nitrogens with one attached hydrogen (secondary N) is 1. The second-order valence-electron chi connectivity index (χ2n) is 3.07. The van der Waals surface area contributed by atoms with E-state index in [0.29, 0.717) is 0 Å². The first-order valence-electron chi connectivity index (χ1n) is 4.51. The van der Waals surface area contributed by atoms with E-state index in [9.17, 15) is 4.79 Å². The molecule has 0 aliphatic carbocycles. The molecule has 0 fully saturated rings. The van der Waals surface area contributed by atoms with E-state index in [1.54, 1.807) is 13.0 Å². The summed E-state index contributed by atoms with van der Waals surface area (Å²) in [5.74, 6) is -0.124. The Balaban J connectivity index is 2.82. The number of carbonyl (C=O) groups is 1. The fraction of sp³-hybridized carbons (Fsp3) is 0.273. The van der Waals surface area contributed by atoms with Crippen molar-refractivity contribution in [2.45, 2.75) is 20.8 Å². The molecule has 1 rings (SSSR count). The molecular weight excluding hydrogens is 176 g/mol. The molecule has 0 saturated carbocycles. The van der Waals surface area contributed by atoms with Gasteiger partial charge in [-0.1, -0.05) is 6.08 Å². The molecule has 0 unspecified atom stereocenters. The Bertz CT molecular complexity index is 370. The van der Waals surface area contributed by atoms with Gasteiger partial charge in [-0.15, -0.1) is 0 Å². The molecular formula is C11H14N2O. The molecule has 0 atom stereocenters. The molecule has 74 valence electrons. The molecule has 0 saturated heterocycles. The van der Waals surface area contributed by atoms with Crippen LogP contribution in [0.2, 0.25) is 0 Å². The minimum Gasteiger partial charge on any atom is -0.321 e. The first kappa shape index (κ1) is 10.4. The Labute approximate surface area is 83.9 Å². The van der Waals surface area contributed by atoms with Crippen LogP contribution in [0.1, 0.15) is 18.3 Å². The van der Waals surface area contributed by atoms with Gasteiger partial charge in [0.2, 0.25) is 5.91 Å². The van der Waals surface area contributed by atoms with Gasteiger partial charge in [0.15, 0.2) is 0 Å². The minimum atomic E-state index is -0.124. The molecule has 3 heteroatoms. The lowest BCUT2D eigenvalue weighted by Crippen LogP contribution is -2.09. The van der Waals surface area contributed by atoms with Crippen molar-refractivity contribution in [2.75, 3.05) is 5.32 Å². The monoisotopic (exact) mass is 190 g/mol. The standard InChI is InChI=1S/C11H14N2O/c1-4-5-11(14)13-10-7-6-8(2)12-9(10)3/h4-7H,1-3H3,(H,13,14). The number of aromatic nitrogens is 1. The molecule has 1 amide bonds. The zero-order chi connectivity index (χ0) is 10.6. The van der Waals surface area contributed by atoms with E-state index in [2.05, 4.69) is 10.3 Å². The number of pyridine rings is 1. The van der Waals surface area contributed by atoms with Crippen molar-refractivity contribution in [1.29, 1.82) is 0 Å².